The molecular weight excluding hydrogens is 280 g/mol. The Bertz CT molecular complexity index is 610. The van der Waals surface area contributed by atoms with Gasteiger partial charge in [0.15, 0.2) is 11.5 Å². The molecule has 106 valence electrons. The number of alkyl halides is 1. The van der Waals surface area contributed by atoms with Crippen molar-refractivity contribution in [2.45, 2.75) is 12.8 Å². The summed E-state index contributed by atoms with van der Waals surface area (Å²) in [6.07, 6.45) is 0. The molecule has 0 N–H and O–H groups in total. The Morgan fingerprint density at radius 1 is 1.45 bits per heavy atom. The molecule has 0 spiro atoms. The van der Waals surface area contributed by atoms with Gasteiger partial charge in [-0.2, -0.15) is 4.98 Å². The molecule has 0 fully saturated rings. The van der Waals surface area contributed by atoms with Gasteiger partial charge >= 0.3 is 0 Å². The van der Waals surface area contributed by atoms with Crippen molar-refractivity contribution in [2.24, 2.45) is 0 Å². The number of rotatable bonds is 6. The Balaban J connectivity index is 2.42. The molecule has 0 radical (unpaired) electrons. The molecule has 2 aromatic rings. The van der Waals surface area contributed by atoms with Crippen molar-refractivity contribution < 1.29 is 14.0 Å². The lowest BCUT2D eigenvalue weighted by molar-refractivity contribution is 0.320. The summed E-state index contributed by atoms with van der Waals surface area (Å²) in [5, 5.41) is 3.89. The van der Waals surface area contributed by atoms with E-state index in [0.29, 0.717) is 35.4 Å². The number of ether oxygens (including phenoxy) is 2. The highest BCUT2D eigenvalue weighted by Crippen LogP contribution is 2.37. The summed E-state index contributed by atoms with van der Waals surface area (Å²) in [4.78, 5) is 4.19. The summed E-state index contributed by atoms with van der Waals surface area (Å²) in [7, 11) is 1.58. The number of hydrogen-bond donors (Lipinski definition) is 0. The van der Waals surface area contributed by atoms with Gasteiger partial charge in [-0.3, -0.25) is 0 Å². The highest BCUT2D eigenvalue weighted by atomic mass is 35.5. The highest BCUT2D eigenvalue weighted by Gasteiger charge is 2.17. The Kier molecular flexibility index (Phi) is 4.63. The molecule has 0 bridgehead atoms. The van der Waals surface area contributed by atoms with Crippen molar-refractivity contribution in [3.63, 3.8) is 0 Å². The van der Waals surface area contributed by atoms with Gasteiger partial charge in [0, 0.05) is 0 Å². The second-order valence-corrected chi connectivity index (χ2v) is 4.50. The van der Waals surface area contributed by atoms with Crippen LogP contribution < -0.4 is 9.47 Å². The molecule has 0 unspecified atom stereocenters. The fraction of sp³-hybridized carbons (Fsp3) is 0.286. The highest BCUT2D eigenvalue weighted by molar-refractivity contribution is 6.16. The first-order valence-electron chi connectivity index (χ1n) is 5.98. The van der Waals surface area contributed by atoms with Crippen molar-refractivity contribution in [2.75, 3.05) is 13.7 Å². The van der Waals surface area contributed by atoms with Crippen LogP contribution in [0.25, 0.3) is 11.4 Å². The third-order valence-corrected chi connectivity index (χ3v) is 2.71. The smallest absolute Gasteiger partial charge is 0.241 e. The summed E-state index contributed by atoms with van der Waals surface area (Å²) in [5.41, 5.74) is 1.59. The molecule has 20 heavy (non-hydrogen) atoms. The van der Waals surface area contributed by atoms with Crippen LogP contribution in [0.1, 0.15) is 12.8 Å². The molecule has 0 saturated heterocycles. The van der Waals surface area contributed by atoms with Gasteiger partial charge in [0.25, 0.3) is 0 Å². The molecule has 0 aliphatic rings. The topological polar surface area (TPSA) is 57.4 Å². The first-order chi connectivity index (χ1) is 9.65. The van der Waals surface area contributed by atoms with E-state index in [1.165, 1.54) is 0 Å². The van der Waals surface area contributed by atoms with Crippen molar-refractivity contribution in [1.29, 1.82) is 0 Å². The second kappa shape index (κ2) is 6.43. The normalized spacial score (nSPS) is 10.3. The number of para-hydroxylation sites is 1. The van der Waals surface area contributed by atoms with E-state index in [0.717, 1.165) is 5.57 Å². The third kappa shape index (κ3) is 3.11. The van der Waals surface area contributed by atoms with E-state index in [4.69, 9.17) is 25.6 Å². The third-order valence-electron chi connectivity index (χ3n) is 2.49. The first kappa shape index (κ1) is 14.4. The van der Waals surface area contributed by atoms with E-state index in [1.54, 1.807) is 13.2 Å². The molecule has 1 heterocycles. The SMILES string of the molecule is C=C(C)COc1c(OC)cccc1-c1noc(CCl)n1. The first-order valence-corrected chi connectivity index (χ1v) is 6.52. The molecule has 0 aliphatic carbocycles. The quantitative estimate of drug-likeness (QED) is 0.603. The van der Waals surface area contributed by atoms with Gasteiger partial charge in [0.1, 0.15) is 12.5 Å². The van der Waals surface area contributed by atoms with E-state index in [1.807, 2.05) is 19.1 Å². The average Bonchev–Trinajstić information content (AvgIpc) is 2.93. The lowest BCUT2D eigenvalue weighted by atomic mass is 10.1. The van der Waals surface area contributed by atoms with Gasteiger partial charge in [0.05, 0.1) is 12.7 Å². The van der Waals surface area contributed by atoms with Crippen LogP contribution in [0.15, 0.2) is 34.9 Å². The predicted octanol–water partition coefficient (Wildman–Crippen LogP) is 3.44. The number of benzene rings is 1. The molecular formula is C14H15ClN2O3. The summed E-state index contributed by atoms with van der Waals surface area (Å²) < 4.78 is 16.1. The standard InChI is InChI=1S/C14H15ClN2O3/c1-9(2)8-19-13-10(5-4-6-11(13)18-3)14-16-12(7-15)20-17-14/h4-6H,1,7-8H2,2-3H3. The Labute approximate surface area is 122 Å². The molecule has 1 aromatic heterocycles. The van der Waals surface area contributed by atoms with Crippen molar-refractivity contribution in [3.8, 4) is 22.9 Å². The lowest BCUT2D eigenvalue weighted by Crippen LogP contribution is -2.01. The van der Waals surface area contributed by atoms with Gasteiger partial charge < -0.3 is 14.0 Å². The molecule has 1 aromatic carbocycles. The van der Waals surface area contributed by atoms with Gasteiger partial charge in [-0.15, -0.1) is 11.6 Å². The number of methoxy groups -OCH3 is 1. The zero-order valence-corrected chi connectivity index (χ0v) is 12.1. The van der Waals surface area contributed by atoms with Gasteiger partial charge in [0.2, 0.25) is 11.7 Å². The molecule has 0 saturated carbocycles. The van der Waals surface area contributed by atoms with Crippen LogP contribution in [-0.2, 0) is 5.88 Å². The molecule has 2 rings (SSSR count). The Morgan fingerprint density at radius 2 is 2.25 bits per heavy atom. The Morgan fingerprint density at radius 3 is 2.85 bits per heavy atom. The van der Waals surface area contributed by atoms with Gasteiger partial charge in [-0.05, 0) is 24.6 Å². The molecule has 0 amide bonds. The summed E-state index contributed by atoms with van der Waals surface area (Å²) >= 11 is 5.66. The minimum absolute atomic E-state index is 0.166. The van der Waals surface area contributed by atoms with Gasteiger partial charge in [-0.25, -0.2) is 0 Å². The predicted molar refractivity (Wildman–Crippen MR) is 76.2 cm³/mol. The second-order valence-electron chi connectivity index (χ2n) is 4.23. The largest absolute Gasteiger partial charge is 0.493 e. The summed E-state index contributed by atoms with van der Waals surface area (Å²) in [5.74, 6) is 2.09. The van der Waals surface area contributed by atoms with E-state index in [-0.39, 0.29) is 5.88 Å². The average molecular weight is 295 g/mol. The minimum Gasteiger partial charge on any atom is -0.493 e. The van der Waals surface area contributed by atoms with Crippen LogP contribution in [0.3, 0.4) is 0 Å². The maximum absolute atomic E-state index is 5.74. The Hall–Kier alpha value is -2.01. The number of nitrogens with zero attached hydrogens (tertiary/aromatic N) is 2. The fourth-order valence-corrected chi connectivity index (χ4v) is 1.72. The van der Waals surface area contributed by atoms with Crippen LogP contribution in [0.2, 0.25) is 0 Å². The maximum Gasteiger partial charge on any atom is 0.241 e. The zero-order chi connectivity index (χ0) is 14.5. The molecule has 0 aliphatic heterocycles. The van der Waals surface area contributed by atoms with Crippen LogP contribution in [0.5, 0.6) is 11.5 Å². The summed E-state index contributed by atoms with van der Waals surface area (Å²) in [6.45, 7) is 6.08. The van der Waals surface area contributed by atoms with Gasteiger partial charge in [-0.1, -0.05) is 17.8 Å². The number of hydrogen-bond acceptors (Lipinski definition) is 5. The zero-order valence-electron chi connectivity index (χ0n) is 11.4. The van der Waals surface area contributed by atoms with Crippen LogP contribution in [0, 0.1) is 0 Å². The van der Waals surface area contributed by atoms with Crippen LogP contribution >= 0.6 is 11.6 Å². The van der Waals surface area contributed by atoms with Crippen molar-refractivity contribution in [3.05, 3.63) is 36.2 Å². The van der Waals surface area contributed by atoms with Crippen LogP contribution in [-0.4, -0.2) is 23.9 Å². The monoisotopic (exact) mass is 294 g/mol. The molecule has 6 heteroatoms. The molecule has 5 nitrogen and oxygen atoms in total. The van der Waals surface area contributed by atoms with Crippen LogP contribution in [0.4, 0.5) is 0 Å². The van der Waals surface area contributed by atoms with E-state index >= 15 is 0 Å². The van der Waals surface area contributed by atoms with Crippen molar-refractivity contribution >= 4 is 11.6 Å². The molecule has 0 atom stereocenters. The fourth-order valence-electron chi connectivity index (χ4n) is 1.62. The van der Waals surface area contributed by atoms with E-state index in [2.05, 4.69) is 16.7 Å². The van der Waals surface area contributed by atoms with Crippen molar-refractivity contribution in [1.82, 2.24) is 10.1 Å². The number of halogens is 1. The van der Waals surface area contributed by atoms with E-state index < -0.39 is 0 Å². The number of aromatic nitrogens is 2. The maximum atomic E-state index is 5.74. The minimum atomic E-state index is 0.166. The van der Waals surface area contributed by atoms with E-state index in [9.17, 15) is 0 Å². The summed E-state index contributed by atoms with van der Waals surface area (Å²) in [6, 6.07) is 5.47. The lowest BCUT2D eigenvalue weighted by Gasteiger charge is -2.13.